The Balaban J connectivity index is 1.54. The molecule has 2 atom stereocenters. The highest BCUT2D eigenvalue weighted by molar-refractivity contribution is 9.10. The summed E-state index contributed by atoms with van der Waals surface area (Å²) < 4.78 is 5.80. The van der Waals surface area contributed by atoms with Crippen LogP contribution in [0.5, 0.6) is 0 Å². The number of fused-ring (bicyclic) bond motifs is 1. The Morgan fingerprint density at radius 2 is 1.60 bits per heavy atom. The highest BCUT2D eigenvalue weighted by atomic mass is 79.9. The van der Waals surface area contributed by atoms with Crippen LogP contribution >= 0.6 is 15.9 Å². The fourth-order valence-corrected chi connectivity index (χ4v) is 3.69. The van der Waals surface area contributed by atoms with Crippen molar-refractivity contribution in [2.75, 3.05) is 13.2 Å². The topological polar surface area (TPSA) is 80.8 Å². The third-order valence-electron chi connectivity index (χ3n) is 4.75. The minimum absolute atomic E-state index is 0.286. The standard InChI is InChI=1S/C18H18BrNO5/c19-12-7-5-11(6-8-12)15(21)10-25-16(22)9-20-17(23)13-3-1-2-4-14(13)18(20)24/h5-8,13-14H,1-4,9-10H2/t13-,14-/m1/s1. The fraction of sp³-hybridized carbons (Fsp3) is 0.444. The van der Waals surface area contributed by atoms with Crippen molar-refractivity contribution in [3.8, 4) is 0 Å². The highest BCUT2D eigenvalue weighted by Crippen LogP contribution is 2.37. The molecule has 0 unspecified atom stereocenters. The molecule has 132 valence electrons. The highest BCUT2D eigenvalue weighted by Gasteiger charge is 2.48. The average molecular weight is 408 g/mol. The molecule has 0 aromatic heterocycles. The molecule has 2 amide bonds. The number of likely N-dealkylation sites (tertiary alicyclic amines) is 1. The summed E-state index contributed by atoms with van der Waals surface area (Å²) in [5.41, 5.74) is 0.426. The molecule has 1 aromatic carbocycles. The van der Waals surface area contributed by atoms with Gasteiger partial charge < -0.3 is 4.74 Å². The molecule has 1 saturated heterocycles. The molecule has 1 aliphatic carbocycles. The quantitative estimate of drug-likeness (QED) is 0.425. The number of carbonyl (C=O) groups excluding carboxylic acids is 4. The van der Waals surface area contributed by atoms with E-state index in [9.17, 15) is 19.2 Å². The summed E-state index contributed by atoms with van der Waals surface area (Å²) in [7, 11) is 0. The summed E-state index contributed by atoms with van der Waals surface area (Å²) >= 11 is 3.28. The maximum atomic E-state index is 12.3. The maximum Gasteiger partial charge on any atom is 0.326 e. The first-order valence-electron chi connectivity index (χ1n) is 8.27. The summed E-state index contributed by atoms with van der Waals surface area (Å²) in [5.74, 6) is -2.24. The summed E-state index contributed by atoms with van der Waals surface area (Å²) in [6, 6.07) is 6.69. The third kappa shape index (κ3) is 3.81. The summed E-state index contributed by atoms with van der Waals surface area (Å²) in [4.78, 5) is 49.5. The minimum Gasteiger partial charge on any atom is -0.456 e. The first-order chi connectivity index (χ1) is 12.0. The van der Waals surface area contributed by atoms with Crippen molar-refractivity contribution in [3.05, 3.63) is 34.3 Å². The van der Waals surface area contributed by atoms with Gasteiger partial charge in [-0.2, -0.15) is 0 Å². The molecule has 1 heterocycles. The molecule has 1 aliphatic heterocycles. The summed E-state index contributed by atoms with van der Waals surface area (Å²) in [6.45, 7) is -0.832. The number of halogens is 1. The van der Waals surface area contributed by atoms with Gasteiger partial charge in [0, 0.05) is 10.0 Å². The number of carbonyl (C=O) groups is 4. The van der Waals surface area contributed by atoms with Crippen LogP contribution < -0.4 is 0 Å². The van der Waals surface area contributed by atoms with Gasteiger partial charge in [0.2, 0.25) is 11.8 Å². The molecule has 6 nitrogen and oxygen atoms in total. The number of nitrogens with zero attached hydrogens (tertiary/aromatic N) is 1. The number of esters is 1. The largest absolute Gasteiger partial charge is 0.456 e. The van der Waals surface area contributed by atoms with Crippen LogP contribution in [0.3, 0.4) is 0 Å². The van der Waals surface area contributed by atoms with Gasteiger partial charge in [0.25, 0.3) is 0 Å². The lowest BCUT2D eigenvalue weighted by Crippen LogP contribution is -2.37. The molecule has 0 radical (unpaired) electrons. The molecule has 3 rings (SSSR count). The smallest absolute Gasteiger partial charge is 0.326 e. The Bertz CT molecular complexity index is 691. The van der Waals surface area contributed by atoms with Gasteiger partial charge in [-0.3, -0.25) is 24.1 Å². The SMILES string of the molecule is O=C(CN1C(=O)[C@@H]2CCCC[C@H]2C1=O)OCC(=O)c1ccc(Br)cc1. The fourth-order valence-electron chi connectivity index (χ4n) is 3.43. The predicted octanol–water partition coefficient (Wildman–Crippen LogP) is 2.35. The van der Waals surface area contributed by atoms with Gasteiger partial charge in [-0.25, -0.2) is 0 Å². The van der Waals surface area contributed by atoms with E-state index in [0.29, 0.717) is 18.4 Å². The first-order valence-corrected chi connectivity index (χ1v) is 9.06. The van der Waals surface area contributed by atoms with E-state index >= 15 is 0 Å². The summed E-state index contributed by atoms with van der Waals surface area (Å²) in [5, 5.41) is 0. The number of rotatable bonds is 5. The van der Waals surface area contributed by atoms with Gasteiger partial charge in [0.15, 0.2) is 12.4 Å². The number of hydrogen-bond acceptors (Lipinski definition) is 5. The Labute approximate surface area is 153 Å². The van der Waals surface area contributed by atoms with Gasteiger partial charge in [-0.05, 0) is 25.0 Å². The van der Waals surface area contributed by atoms with Crippen molar-refractivity contribution in [2.24, 2.45) is 11.8 Å². The molecule has 25 heavy (non-hydrogen) atoms. The van der Waals surface area contributed by atoms with Crippen LogP contribution in [0.2, 0.25) is 0 Å². The Morgan fingerprint density at radius 3 is 2.16 bits per heavy atom. The van der Waals surface area contributed by atoms with E-state index in [1.807, 2.05) is 0 Å². The molecular formula is C18H18BrNO5. The third-order valence-corrected chi connectivity index (χ3v) is 5.28. The van der Waals surface area contributed by atoms with Crippen LogP contribution in [0.1, 0.15) is 36.0 Å². The van der Waals surface area contributed by atoms with Gasteiger partial charge >= 0.3 is 5.97 Å². The number of imide groups is 1. The lowest BCUT2D eigenvalue weighted by molar-refractivity contribution is -0.152. The van der Waals surface area contributed by atoms with Crippen molar-refractivity contribution in [1.82, 2.24) is 4.90 Å². The molecule has 7 heteroatoms. The Hall–Kier alpha value is -2.02. The van der Waals surface area contributed by atoms with Crippen molar-refractivity contribution in [2.45, 2.75) is 25.7 Å². The lowest BCUT2D eigenvalue weighted by Gasteiger charge is -2.19. The number of Topliss-reactive ketones (excluding diaryl/α,β-unsaturated/α-hetero) is 1. The molecular weight excluding hydrogens is 390 g/mol. The normalized spacial score (nSPS) is 22.7. The molecule has 0 N–H and O–H groups in total. The number of ether oxygens (including phenoxy) is 1. The van der Waals surface area contributed by atoms with Gasteiger partial charge in [-0.1, -0.05) is 40.9 Å². The lowest BCUT2D eigenvalue weighted by atomic mass is 9.81. The number of amides is 2. The second kappa shape index (κ2) is 7.47. The Morgan fingerprint density at radius 1 is 1.04 bits per heavy atom. The number of ketones is 1. The zero-order valence-electron chi connectivity index (χ0n) is 13.6. The zero-order chi connectivity index (χ0) is 18.0. The molecule has 1 saturated carbocycles. The van der Waals surface area contributed by atoms with E-state index in [2.05, 4.69) is 15.9 Å². The van der Waals surface area contributed by atoms with E-state index in [1.54, 1.807) is 24.3 Å². The molecule has 2 aliphatic rings. The van der Waals surface area contributed by atoms with Crippen LogP contribution in [0.25, 0.3) is 0 Å². The van der Waals surface area contributed by atoms with Gasteiger partial charge in [0.1, 0.15) is 6.54 Å². The number of hydrogen-bond donors (Lipinski definition) is 0. The van der Waals surface area contributed by atoms with E-state index in [0.717, 1.165) is 22.2 Å². The second-order valence-electron chi connectivity index (χ2n) is 6.35. The van der Waals surface area contributed by atoms with Crippen molar-refractivity contribution in [1.29, 1.82) is 0 Å². The maximum absolute atomic E-state index is 12.3. The number of benzene rings is 1. The minimum atomic E-state index is -0.745. The second-order valence-corrected chi connectivity index (χ2v) is 7.27. The molecule has 0 bridgehead atoms. The van der Waals surface area contributed by atoms with Crippen molar-refractivity contribution < 1.29 is 23.9 Å². The van der Waals surface area contributed by atoms with Crippen LogP contribution in [0, 0.1) is 11.8 Å². The monoisotopic (exact) mass is 407 g/mol. The first kappa shape index (κ1) is 17.8. The van der Waals surface area contributed by atoms with E-state index in [1.165, 1.54) is 0 Å². The van der Waals surface area contributed by atoms with Gasteiger partial charge in [-0.15, -0.1) is 0 Å². The van der Waals surface area contributed by atoms with Gasteiger partial charge in [0.05, 0.1) is 11.8 Å². The molecule has 2 fully saturated rings. The zero-order valence-corrected chi connectivity index (χ0v) is 15.2. The molecule has 0 spiro atoms. The average Bonchev–Trinajstić information content (AvgIpc) is 2.86. The van der Waals surface area contributed by atoms with Crippen LogP contribution in [0.15, 0.2) is 28.7 Å². The van der Waals surface area contributed by atoms with Crippen LogP contribution in [0.4, 0.5) is 0 Å². The van der Waals surface area contributed by atoms with E-state index in [-0.39, 0.29) is 29.4 Å². The van der Waals surface area contributed by atoms with Crippen molar-refractivity contribution in [3.63, 3.8) is 0 Å². The summed E-state index contributed by atoms with van der Waals surface area (Å²) in [6.07, 6.45) is 3.26. The molecule has 1 aromatic rings. The van der Waals surface area contributed by atoms with Crippen molar-refractivity contribution >= 4 is 39.5 Å². The van der Waals surface area contributed by atoms with E-state index in [4.69, 9.17) is 4.74 Å². The van der Waals surface area contributed by atoms with Crippen LogP contribution in [-0.2, 0) is 19.1 Å². The van der Waals surface area contributed by atoms with E-state index < -0.39 is 19.1 Å². The van der Waals surface area contributed by atoms with Crippen LogP contribution in [-0.4, -0.2) is 41.6 Å². The Kier molecular flexibility index (Phi) is 5.32. The predicted molar refractivity (Wildman–Crippen MR) is 91.6 cm³/mol.